The van der Waals surface area contributed by atoms with E-state index in [1.807, 2.05) is 18.2 Å². The number of para-hydroxylation sites is 1. The van der Waals surface area contributed by atoms with Crippen molar-refractivity contribution in [3.8, 4) is 0 Å². The zero-order chi connectivity index (χ0) is 9.97. The molecule has 0 aromatic heterocycles. The van der Waals surface area contributed by atoms with Gasteiger partial charge in [-0.2, -0.15) is 0 Å². The summed E-state index contributed by atoms with van der Waals surface area (Å²) in [4.78, 5) is 2.34. The SMILES string of the molecule is CC1CN(c2ccccc2Cl)CCN1. The van der Waals surface area contributed by atoms with E-state index in [1.165, 1.54) is 0 Å². The predicted octanol–water partition coefficient (Wildman–Crippen LogP) is 2.14. The molecule has 1 heterocycles. The normalized spacial score (nSPS) is 22.4. The monoisotopic (exact) mass is 210 g/mol. The molecule has 3 heteroatoms. The molecule has 76 valence electrons. The molecule has 0 amide bonds. The number of halogens is 1. The van der Waals surface area contributed by atoms with Crippen molar-refractivity contribution in [3.63, 3.8) is 0 Å². The predicted molar refractivity (Wildman–Crippen MR) is 61.1 cm³/mol. The molecule has 1 aromatic carbocycles. The Morgan fingerprint density at radius 3 is 2.93 bits per heavy atom. The van der Waals surface area contributed by atoms with Gasteiger partial charge in [-0.15, -0.1) is 0 Å². The van der Waals surface area contributed by atoms with Gasteiger partial charge < -0.3 is 10.2 Å². The number of benzene rings is 1. The van der Waals surface area contributed by atoms with Crippen LogP contribution in [0, 0.1) is 0 Å². The van der Waals surface area contributed by atoms with Crippen LogP contribution in [0.3, 0.4) is 0 Å². The highest BCUT2D eigenvalue weighted by Crippen LogP contribution is 2.25. The molecule has 14 heavy (non-hydrogen) atoms. The molecule has 1 unspecified atom stereocenters. The molecule has 1 aromatic rings. The molecule has 0 aliphatic carbocycles. The zero-order valence-corrected chi connectivity index (χ0v) is 9.09. The smallest absolute Gasteiger partial charge is 0.0639 e. The van der Waals surface area contributed by atoms with E-state index in [2.05, 4.69) is 23.2 Å². The summed E-state index contributed by atoms with van der Waals surface area (Å²) in [5.41, 5.74) is 1.16. The third-order valence-corrected chi connectivity index (χ3v) is 2.88. The number of nitrogens with zero attached hydrogens (tertiary/aromatic N) is 1. The van der Waals surface area contributed by atoms with Crippen LogP contribution in [0.15, 0.2) is 24.3 Å². The average Bonchev–Trinajstić information content (AvgIpc) is 2.18. The minimum Gasteiger partial charge on any atom is -0.368 e. The molecule has 0 radical (unpaired) electrons. The third-order valence-electron chi connectivity index (χ3n) is 2.56. The summed E-state index contributed by atoms with van der Waals surface area (Å²) in [5, 5.41) is 4.27. The Kier molecular flexibility index (Phi) is 2.94. The van der Waals surface area contributed by atoms with Crippen LogP contribution < -0.4 is 10.2 Å². The largest absolute Gasteiger partial charge is 0.368 e. The van der Waals surface area contributed by atoms with Crippen molar-refractivity contribution >= 4 is 17.3 Å². The van der Waals surface area contributed by atoms with E-state index in [0.717, 1.165) is 30.3 Å². The second-order valence-electron chi connectivity index (χ2n) is 3.75. The summed E-state index contributed by atoms with van der Waals surface area (Å²) in [6.07, 6.45) is 0. The van der Waals surface area contributed by atoms with Crippen LogP contribution in [0.1, 0.15) is 6.92 Å². The molecule has 2 rings (SSSR count). The van der Waals surface area contributed by atoms with Crippen molar-refractivity contribution in [2.24, 2.45) is 0 Å². The van der Waals surface area contributed by atoms with Crippen molar-refractivity contribution in [2.45, 2.75) is 13.0 Å². The van der Waals surface area contributed by atoms with Crippen LogP contribution >= 0.6 is 11.6 Å². The van der Waals surface area contributed by atoms with Crippen molar-refractivity contribution in [3.05, 3.63) is 29.3 Å². The highest BCUT2D eigenvalue weighted by Gasteiger charge is 2.17. The fourth-order valence-corrected chi connectivity index (χ4v) is 2.11. The van der Waals surface area contributed by atoms with Crippen molar-refractivity contribution in [1.29, 1.82) is 0 Å². The summed E-state index contributed by atoms with van der Waals surface area (Å²) < 4.78 is 0. The lowest BCUT2D eigenvalue weighted by Gasteiger charge is -2.34. The average molecular weight is 211 g/mol. The molecule has 1 aliphatic rings. The van der Waals surface area contributed by atoms with E-state index < -0.39 is 0 Å². The summed E-state index contributed by atoms with van der Waals surface area (Å²) in [5.74, 6) is 0. The maximum Gasteiger partial charge on any atom is 0.0639 e. The molecular formula is C11H15ClN2. The molecule has 0 saturated carbocycles. The van der Waals surface area contributed by atoms with E-state index in [9.17, 15) is 0 Å². The number of hydrogen-bond acceptors (Lipinski definition) is 2. The molecule has 2 nitrogen and oxygen atoms in total. The summed E-state index contributed by atoms with van der Waals surface area (Å²) in [7, 11) is 0. The summed E-state index contributed by atoms with van der Waals surface area (Å²) in [6, 6.07) is 8.58. The molecule has 1 aliphatic heterocycles. The summed E-state index contributed by atoms with van der Waals surface area (Å²) in [6.45, 7) is 5.30. The molecule has 1 saturated heterocycles. The number of nitrogens with one attached hydrogen (secondary N) is 1. The van der Waals surface area contributed by atoms with Gasteiger partial charge in [0.2, 0.25) is 0 Å². The first-order valence-corrected chi connectivity index (χ1v) is 5.38. The molecule has 1 N–H and O–H groups in total. The Morgan fingerprint density at radius 2 is 2.21 bits per heavy atom. The molecular weight excluding hydrogens is 196 g/mol. The third kappa shape index (κ3) is 2.02. The van der Waals surface area contributed by atoms with Crippen molar-refractivity contribution in [2.75, 3.05) is 24.5 Å². The highest BCUT2D eigenvalue weighted by atomic mass is 35.5. The fraction of sp³-hybridized carbons (Fsp3) is 0.455. The van der Waals surface area contributed by atoms with E-state index in [0.29, 0.717) is 6.04 Å². The fourth-order valence-electron chi connectivity index (χ4n) is 1.86. The Hall–Kier alpha value is -0.730. The van der Waals surface area contributed by atoms with Gasteiger partial charge in [-0.3, -0.25) is 0 Å². The van der Waals surface area contributed by atoms with E-state index in [4.69, 9.17) is 11.6 Å². The lowest BCUT2D eigenvalue weighted by Crippen LogP contribution is -2.49. The topological polar surface area (TPSA) is 15.3 Å². The number of anilines is 1. The number of rotatable bonds is 1. The van der Waals surface area contributed by atoms with Crippen LogP contribution in [0.5, 0.6) is 0 Å². The van der Waals surface area contributed by atoms with Gasteiger partial charge in [-0.05, 0) is 19.1 Å². The first-order valence-electron chi connectivity index (χ1n) is 5.00. The van der Waals surface area contributed by atoms with Crippen LogP contribution in [-0.2, 0) is 0 Å². The van der Waals surface area contributed by atoms with Crippen LogP contribution in [0.2, 0.25) is 5.02 Å². The standard InChI is InChI=1S/C11H15ClN2/c1-9-8-14(7-6-13-9)11-5-3-2-4-10(11)12/h2-5,9,13H,6-8H2,1H3. The molecule has 1 fully saturated rings. The lowest BCUT2D eigenvalue weighted by molar-refractivity contribution is 0.485. The second-order valence-corrected chi connectivity index (χ2v) is 4.16. The number of piperazine rings is 1. The minimum absolute atomic E-state index is 0.542. The highest BCUT2D eigenvalue weighted by molar-refractivity contribution is 6.33. The van der Waals surface area contributed by atoms with Gasteiger partial charge in [0.05, 0.1) is 10.7 Å². The number of hydrogen-bond donors (Lipinski definition) is 1. The Bertz CT molecular complexity index is 314. The van der Waals surface area contributed by atoms with Crippen molar-refractivity contribution < 1.29 is 0 Å². The minimum atomic E-state index is 0.542. The van der Waals surface area contributed by atoms with Crippen LogP contribution in [0.25, 0.3) is 0 Å². The lowest BCUT2D eigenvalue weighted by atomic mass is 10.2. The zero-order valence-electron chi connectivity index (χ0n) is 8.33. The maximum atomic E-state index is 6.14. The molecule has 0 bridgehead atoms. The van der Waals surface area contributed by atoms with Crippen LogP contribution in [0.4, 0.5) is 5.69 Å². The van der Waals surface area contributed by atoms with E-state index >= 15 is 0 Å². The quantitative estimate of drug-likeness (QED) is 0.764. The first-order chi connectivity index (χ1) is 6.77. The van der Waals surface area contributed by atoms with Gasteiger partial charge in [0.25, 0.3) is 0 Å². The van der Waals surface area contributed by atoms with Gasteiger partial charge in [-0.1, -0.05) is 23.7 Å². The van der Waals surface area contributed by atoms with E-state index in [-0.39, 0.29) is 0 Å². The van der Waals surface area contributed by atoms with Gasteiger partial charge in [0.1, 0.15) is 0 Å². The molecule has 1 atom stereocenters. The van der Waals surface area contributed by atoms with E-state index in [1.54, 1.807) is 0 Å². The Morgan fingerprint density at radius 1 is 1.43 bits per heavy atom. The first kappa shape index (κ1) is 9.81. The second kappa shape index (κ2) is 4.20. The molecule has 0 spiro atoms. The maximum absolute atomic E-state index is 6.14. The van der Waals surface area contributed by atoms with Crippen molar-refractivity contribution in [1.82, 2.24) is 5.32 Å². The van der Waals surface area contributed by atoms with Gasteiger partial charge in [0.15, 0.2) is 0 Å². The Labute approximate surface area is 89.9 Å². The Balaban J connectivity index is 2.18. The van der Waals surface area contributed by atoms with Gasteiger partial charge in [0, 0.05) is 25.7 Å². The van der Waals surface area contributed by atoms with Gasteiger partial charge >= 0.3 is 0 Å². The van der Waals surface area contributed by atoms with Gasteiger partial charge in [-0.25, -0.2) is 0 Å². The summed E-state index contributed by atoms with van der Waals surface area (Å²) >= 11 is 6.14. The van der Waals surface area contributed by atoms with Crippen LogP contribution in [-0.4, -0.2) is 25.7 Å².